The second kappa shape index (κ2) is 10.7. The molecule has 0 aliphatic heterocycles. The maximum absolute atomic E-state index is 2.51. The first-order chi connectivity index (χ1) is 25.8. The second-order valence-corrected chi connectivity index (χ2v) is 15.7. The molecule has 0 spiro atoms. The van der Waals surface area contributed by atoms with Gasteiger partial charge in [-0.05, 0) is 48.5 Å². The van der Waals surface area contributed by atoms with Crippen LogP contribution in [0.15, 0.2) is 170 Å². The fourth-order valence-electron chi connectivity index (χ4n) is 8.73. The van der Waals surface area contributed by atoms with Gasteiger partial charge in [-0.2, -0.15) is 0 Å². The fourth-order valence-corrected chi connectivity index (χ4v) is 11.2. The number of para-hydroxylation sites is 3. The van der Waals surface area contributed by atoms with Crippen LogP contribution in [0.25, 0.3) is 106 Å². The van der Waals surface area contributed by atoms with E-state index in [2.05, 4.69) is 179 Å². The molecule has 8 aromatic carbocycles. The normalized spacial score (nSPS) is 12.2. The third-order valence-electron chi connectivity index (χ3n) is 10.9. The summed E-state index contributed by atoms with van der Waals surface area (Å²) in [6.07, 6.45) is 0. The minimum atomic E-state index is 1.17. The summed E-state index contributed by atoms with van der Waals surface area (Å²) in [6, 6.07) is 62.6. The third kappa shape index (κ3) is 3.83. The largest absolute Gasteiger partial charge is 0.309 e. The van der Waals surface area contributed by atoms with E-state index < -0.39 is 0 Å². The molecule has 0 aliphatic rings. The highest BCUT2D eigenvalue weighted by Crippen LogP contribution is 2.47. The van der Waals surface area contributed by atoms with Crippen molar-refractivity contribution in [2.24, 2.45) is 0 Å². The van der Waals surface area contributed by atoms with E-state index in [1.165, 1.54) is 106 Å². The molecule has 0 unspecified atom stereocenters. The molecule has 0 radical (unpaired) electrons. The predicted molar refractivity (Wildman–Crippen MR) is 226 cm³/mol. The minimum absolute atomic E-state index is 1.17. The molecule has 4 heterocycles. The van der Waals surface area contributed by atoms with Gasteiger partial charge in [-0.15, -0.1) is 22.7 Å². The van der Waals surface area contributed by atoms with Crippen molar-refractivity contribution in [1.29, 1.82) is 0 Å². The molecule has 0 fully saturated rings. The lowest BCUT2D eigenvalue weighted by molar-refractivity contribution is 1.18. The minimum Gasteiger partial charge on any atom is -0.309 e. The summed E-state index contributed by atoms with van der Waals surface area (Å²) < 4.78 is 10.3. The van der Waals surface area contributed by atoms with Crippen LogP contribution in [-0.2, 0) is 0 Å². The second-order valence-electron chi connectivity index (χ2n) is 13.6. The Morgan fingerprint density at radius 2 is 0.904 bits per heavy atom. The highest BCUT2D eigenvalue weighted by Gasteiger charge is 2.21. The molecular formula is C48H28N2S2. The van der Waals surface area contributed by atoms with E-state index >= 15 is 0 Å². The Balaban J connectivity index is 1.14. The monoisotopic (exact) mass is 696 g/mol. The summed E-state index contributed by atoms with van der Waals surface area (Å²) in [6.45, 7) is 0. The number of hydrogen-bond acceptors (Lipinski definition) is 2. The van der Waals surface area contributed by atoms with E-state index in [-0.39, 0.29) is 0 Å². The lowest BCUT2D eigenvalue weighted by Crippen LogP contribution is -1.95. The zero-order valence-electron chi connectivity index (χ0n) is 27.9. The summed E-state index contributed by atoms with van der Waals surface area (Å²) in [5.41, 5.74) is 9.88. The van der Waals surface area contributed by atoms with Crippen LogP contribution >= 0.6 is 22.7 Å². The first kappa shape index (κ1) is 28.5. The lowest BCUT2D eigenvalue weighted by atomic mass is 10.0. The Kier molecular flexibility index (Phi) is 5.84. The summed E-state index contributed by atoms with van der Waals surface area (Å²) in [4.78, 5) is 0. The standard InChI is InChI=1S/C48H28N2S2/c1-2-12-29(13-3-1)49-41-22-8-5-16-39(41)45-42(49)27-26-34-31-14-4-7-21-40(31)50(46(34)45)30-24-25-33-36-18-11-20-38(48(36)52-44(33)28-30)37-19-10-17-35-32-15-6-9-23-43(32)51-47(35)37/h1-28H. The summed E-state index contributed by atoms with van der Waals surface area (Å²) in [5.74, 6) is 0. The molecule has 0 saturated heterocycles. The van der Waals surface area contributed by atoms with Gasteiger partial charge < -0.3 is 9.13 Å². The molecular weight excluding hydrogens is 669 g/mol. The maximum atomic E-state index is 2.51. The first-order valence-corrected chi connectivity index (χ1v) is 19.3. The Hall–Kier alpha value is -6.20. The zero-order valence-corrected chi connectivity index (χ0v) is 29.5. The van der Waals surface area contributed by atoms with E-state index in [1.807, 2.05) is 22.7 Å². The van der Waals surface area contributed by atoms with Gasteiger partial charge in [0, 0.05) is 84.4 Å². The van der Waals surface area contributed by atoms with Gasteiger partial charge in [0.1, 0.15) is 0 Å². The summed E-state index contributed by atoms with van der Waals surface area (Å²) in [5, 5.41) is 10.4. The number of nitrogens with zero attached hydrogens (tertiary/aromatic N) is 2. The van der Waals surface area contributed by atoms with Crippen molar-refractivity contribution in [1.82, 2.24) is 9.13 Å². The Labute approximate surface area is 306 Å². The zero-order chi connectivity index (χ0) is 33.9. The van der Waals surface area contributed by atoms with Crippen LogP contribution in [0.4, 0.5) is 0 Å². The number of hydrogen-bond donors (Lipinski definition) is 0. The van der Waals surface area contributed by atoms with Crippen molar-refractivity contribution in [3.8, 4) is 22.5 Å². The number of benzene rings is 8. The lowest BCUT2D eigenvalue weighted by Gasteiger charge is -2.10. The van der Waals surface area contributed by atoms with Crippen LogP contribution < -0.4 is 0 Å². The summed E-state index contributed by atoms with van der Waals surface area (Å²) in [7, 11) is 0. The summed E-state index contributed by atoms with van der Waals surface area (Å²) >= 11 is 3.82. The number of thiophene rings is 2. The van der Waals surface area contributed by atoms with Crippen molar-refractivity contribution in [2.45, 2.75) is 0 Å². The van der Waals surface area contributed by atoms with Crippen molar-refractivity contribution in [2.75, 3.05) is 0 Å². The van der Waals surface area contributed by atoms with E-state index in [9.17, 15) is 0 Å². The quantitative estimate of drug-likeness (QED) is 0.174. The molecule has 52 heavy (non-hydrogen) atoms. The average molecular weight is 697 g/mol. The molecule has 0 amide bonds. The van der Waals surface area contributed by atoms with Gasteiger partial charge in [0.15, 0.2) is 0 Å². The number of fused-ring (bicyclic) bond motifs is 13. The molecule has 0 saturated carbocycles. The first-order valence-electron chi connectivity index (χ1n) is 17.7. The van der Waals surface area contributed by atoms with Gasteiger partial charge in [0.25, 0.3) is 0 Å². The van der Waals surface area contributed by atoms with Crippen LogP contribution in [0, 0.1) is 0 Å². The highest BCUT2D eigenvalue weighted by atomic mass is 32.1. The van der Waals surface area contributed by atoms with E-state index in [0.717, 1.165) is 0 Å². The molecule has 12 aromatic rings. The molecule has 12 rings (SSSR count). The predicted octanol–water partition coefficient (Wildman–Crippen LogP) is 14.3. The van der Waals surface area contributed by atoms with E-state index in [0.29, 0.717) is 0 Å². The molecule has 4 aromatic heterocycles. The van der Waals surface area contributed by atoms with Crippen molar-refractivity contribution in [3.63, 3.8) is 0 Å². The molecule has 0 N–H and O–H groups in total. The van der Waals surface area contributed by atoms with E-state index in [1.54, 1.807) is 0 Å². The van der Waals surface area contributed by atoms with Crippen LogP contribution in [0.2, 0.25) is 0 Å². The third-order valence-corrected chi connectivity index (χ3v) is 13.3. The van der Waals surface area contributed by atoms with Crippen LogP contribution in [0.3, 0.4) is 0 Å². The van der Waals surface area contributed by atoms with Gasteiger partial charge in [0.2, 0.25) is 0 Å². The molecule has 0 bridgehead atoms. The van der Waals surface area contributed by atoms with Gasteiger partial charge in [-0.25, -0.2) is 0 Å². The molecule has 242 valence electrons. The number of rotatable bonds is 3. The Morgan fingerprint density at radius 3 is 1.67 bits per heavy atom. The molecule has 0 aliphatic carbocycles. The van der Waals surface area contributed by atoms with Gasteiger partial charge >= 0.3 is 0 Å². The van der Waals surface area contributed by atoms with Crippen LogP contribution in [0.5, 0.6) is 0 Å². The van der Waals surface area contributed by atoms with Crippen LogP contribution in [-0.4, -0.2) is 9.13 Å². The average Bonchev–Trinajstić information content (AvgIpc) is 3.95. The Bertz CT molecular complexity index is 3410. The highest BCUT2D eigenvalue weighted by molar-refractivity contribution is 7.27. The van der Waals surface area contributed by atoms with Gasteiger partial charge in [0.05, 0.1) is 22.1 Å². The van der Waals surface area contributed by atoms with Crippen LogP contribution in [0.1, 0.15) is 0 Å². The fraction of sp³-hybridized carbons (Fsp3) is 0. The molecule has 2 nitrogen and oxygen atoms in total. The van der Waals surface area contributed by atoms with Crippen molar-refractivity contribution < 1.29 is 0 Å². The molecule has 4 heteroatoms. The van der Waals surface area contributed by atoms with Crippen molar-refractivity contribution in [3.05, 3.63) is 170 Å². The van der Waals surface area contributed by atoms with E-state index in [4.69, 9.17) is 0 Å². The SMILES string of the molecule is c1ccc(-n2c3ccccc3c3c2ccc2c4ccccc4n(-c4ccc5c(c4)sc4c(-c6cccc7c6sc6ccccc67)cccc45)c23)cc1. The number of aromatic nitrogens is 2. The molecule has 0 atom stereocenters. The van der Waals surface area contributed by atoms with Gasteiger partial charge in [-0.3, -0.25) is 0 Å². The van der Waals surface area contributed by atoms with Crippen molar-refractivity contribution >= 4 is 107 Å². The Morgan fingerprint density at radius 1 is 0.327 bits per heavy atom. The topological polar surface area (TPSA) is 9.86 Å². The van der Waals surface area contributed by atoms with Gasteiger partial charge in [-0.1, -0.05) is 121 Å². The maximum Gasteiger partial charge on any atom is 0.0641 e. The smallest absolute Gasteiger partial charge is 0.0641 e.